The summed E-state index contributed by atoms with van der Waals surface area (Å²) in [4.78, 5) is 7.43. The average Bonchev–Trinajstić information content (AvgIpc) is 2.93. The molecule has 3 nitrogen and oxygen atoms in total. The Morgan fingerprint density at radius 1 is 1.53 bits per heavy atom. The minimum atomic E-state index is -0.281. The highest BCUT2D eigenvalue weighted by Crippen LogP contribution is 2.52. The predicted octanol–water partition coefficient (Wildman–Crippen LogP) is 1.98. The van der Waals surface area contributed by atoms with E-state index in [1.165, 1.54) is 5.56 Å². The van der Waals surface area contributed by atoms with Gasteiger partial charge in [-0.15, -0.1) is 0 Å². The minimum Gasteiger partial charge on any atom is -0.392 e. The van der Waals surface area contributed by atoms with E-state index in [1.807, 2.05) is 19.2 Å². The number of hydrogen-bond acceptors (Lipinski definition) is 2. The van der Waals surface area contributed by atoms with Crippen molar-refractivity contribution in [2.75, 3.05) is 0 Å². The number of nitrogens with zero attached hydrogens (tertiary/aromatic N) is 1. The van der Waals surface area contributed by atoms with Gasteiger partial charge < -0.3 is 10.1 Å². The first kappa shape index (κ1) is 8.92. The van der Waals surface area contributed by atoms with Crippen LogP contribution < -0.4 is 0 Å². The third-order valence-corrected chi connectivity index (χ3v) is 3.58. The van der Waals surface area contributed by atoms with Gasteiger partial charge in [0.1, 0.15) is 5.65 Å². The number of aliphatic hydroxyl groups is 1. The van der Waals surface area contributed by atoms with E-state index in [0.717, 1.165) is 23.9 Å². The fraction of sp³-hybridized carbons (Fsp3) is 0.417. The summed E-state index contributed by atoms with van der Waals surface area (Å²) in [7, 11) is 0. The van der Waals surface area contributed by atoms with E-state index in [1.54, 1.807) is 6.20 Å². The highest BCUT2D eigenvalue weighted by molar-refractivity contribution is 5.81. The molecular formula is C12H14N2O. The van der Waals surface area contributed by atoms with Gasteiger partial charge in [-0.3, -0.25) is 0 Å². The smallest absolute Gasteiger partial charge is 0.137 e. The van der Waals surface area contributed by atoms with Crippen molar-refractivity contribution in [2.45, 2.75) is 31.3 Å². The fourth-order valence-electron chi connectivity index (χ4n) is 2.41. The number of pyridine rings is 1. The second kappa shape index (κ2) is 2.83. The molecule has 3 rings (SSSR count). The van der Waals surface area contributed by atoms with Crippen LogP contribution >= 0.6 is 0 Å². The van der Waals surface area contributed by atoms with Crippen molar-refractivity contribution in [2.24, 2.45) is 0 Å². The maximum Gasteiger partial charge on any atom is 0.137 e. The molecule has 2 aromatic rings. The summed E-state index contributed by atoms with van der Waals surface area (Å²) in [6.45, 7) is 1.88. The van der Waals surface area contributed by atoms with Crippen LogP contribution in [0, 0.1) is 0 Å². The molecule has 2 heterocycles. The molecule has 0 spiro atoms. The molecule has 1 aliphatic rings. The van der Waals surface area contributed by atoms with E-state index in [0.29, 0.717) is 0 Å². The van der Waals surface area contributed by atoms with E-state index in [-0.39, 0.29) is 11.5 Å². The molecule has 2 aromatic heterocycles. The number of aliphatic hydroxyl groups excluding tert-OH is 1. The maximum absolute atomic E-state index is 9.84. The van der Waals surface area contributed by atoms with Crippen LogP contribution in [0.3, 0.4) is 0 Å². The van der Waals surface area contributed by atoms with Gasteiger partial charge in [-0.2, -0.15) is 0 Å². The van der Waals surface area contributed by atoms with Crippen LogP contribution in [0.5, 0.6) is 0 Å². The molecule has 1 fully saturated rings. The molecule has 3 heteroatoms. The molecule has 0 radical (unpaired) electrons. The Labute approximate surface area is 88.2 Å². The number of H-pyrrole nitrogens is 1. The summed E-state index contributed by atoms with van der Waals surface area (Å²) in [5, 5.41) is 11.0. The van der Waals surface area contributed by atoms with Crippen LogP contribution in [0.25, 0.3) is 11.0 Å². The fourth-order valence-corrected chi connectivity index (χ4v) is 2.41. The Balaban J connectivity index is 2.20. The Morgan fingerprint density at radius 2 is 2.33 bits per heavy atom. The number of aromatic nitrogens is 2. The van der Waals surface area contributed by atoms with Crippen LogP contribution in [0.1, 0.15) is 25.3 Å². The maximum atomic E-state index is 9.84. The van der Waals surface area contributed by atoms with Crippen molar-refractivity contribution in [1.29, 1.82) is 0 Å². The van der Waals surface area contributed by atoms with Crippen LogP contribution in [0.4, 0.5) is 0 Å². The molecule has 0 bridgehead atoms. The van der Waals surface area contributed by atoms with Crippen molar-refractivity contribution >= 4 is 11.0 Å². The van der Waals surface area contributed by atoms with E-state index >= 15 is 0 Å². The van der Waals surface area contributed by atoms with Gasteiger partial charge in [0.15, 0.2) is 0 Å². The van der Waals surface area contributed by atoms with Crippen LogP contribution in [0.2, 0.25) is 0 Å². The van der Waals surface area contributed by atoms with Crippen LogP contribution in [-0.2, 0) is 5.41 Å². The molecule has 15 heavy (non-hydrogen) atoms. The summed E-state index contributed by atoms with van der Waals surface area (Å²) in [6.07, 6.45) is 5.65. The van der Waals surface area contributed by atoms with Gasteiger partial charge in [0.25, 0.3) is 0 Å². The third kappa shape index (κ3) is 1.13. The van der Waals surface area contributed by atoms with Gasteiger partial charge in [0, 0.05) is 23.2 Å². The first-order chi connectivity index (χ1) is 7.24. The van der Waals surface area contributed by atoms with Gasteiger partial charge in [-0.05, 0) is 37.5 Å². The lowest BCUT2D eigenvalue weighted by atomic mass is 9.91. The number of rotatable bonds is 2. The van der Waals surface area contributed by atoms with E-state index in [2.05, 4.69) is 16.0 Å². The van der Waals surface area contributed by atoms with Crippen molar-refractivity contribution in [3.05, 3.63) is 30.1 Å². The Kier molecular flexibility index (Phi) is 1.68. The van der Waals surface area contributed by atoms with Crippen molar-refractivity contribution in [1.82, 2.24) is 9.97 Å². The van der Waals surface area contributed by atoms with Gasteiger partial charge in [-0.25, -0.2) is 4.98 Å². The molecule has 1 unspecified atom stereocenters. The molecule has 78 valence electrons. The van der Waals surface area contributed by atoms with E-state index in [4.69, 9.17) is 0 Å². The number of hydrogen-bond donors (Lipinski definition) is 2. The monoisotopic (exact) mass is 202 g/mol. The molecule has 2 N–H and O–H groups in total. The van der Waals surface area contributed by atoms with Crippen molar-refractivity contribution in [3.63, 3.8) is 0 Å². The first-order valence-corrected chi connectivity index (χ1v) is 5.35. The summed E-state index contributed by atoms with van der Waals surface area (Å²) in [6, 6.07) is 4.01. The second-order valence-corrected chi connectivity index (χ2v) is 4.43. The number of aromatic amines is 1. The van der Waals surface area contributed by atoms with Gasteiger partial charge >= 0.3 is 0 Å². The topological polar surface area (TPSA) is 48.9 Å². The lowest BCUT2D eigenvalue weighted by Crippen LogP contribution is -2.22. The summed E-state index contributed by atoms with van der Waals surface area (Å²) in [5.74, 6) is 0. The number of nitrogens with one attached hydrogen (secondary N) is 1. The number of fused-ring (bicyclic) bond motifs is 1. The third-order valence-electron chi connectivity index (χ3n) is 3.58. The normalized spacial score (nSPS) is 20.4. The summed E-state index contributed by atoms with van der Waals surface area (Å²) < 4.78 is 0. The molecule has 1 saturated carbocycles. The average molecular weight is 202 g/mol. The molecular weight excluding hydrogens is 188 g/mol. The molecule has 0 aliphatic heterocycles. The predicted molar refractivity (Wildman–Crippen MR) is 58.7 cm³/mol. The highest BCUT2D eigenvalue weighted by atomic mass is 16.3. The van der Waals surface area contributed by atoms with Crippen LogP contribution in [0.15, 0.2) is 24.5 Å². The SMILES string of the molecule is CC(O)C1(c2c[nH]c3ncccc23)CC1. The van der Waals surface area contributed by atoms with Crippen molar-refractivity contribution < 1.29 is 5.11 Å². The second-order valence-electron chi connectivity index (χ2n) is 4.43. The standard InChI is InChI=1S/C12H14N2O/c1-8(15)12(4-5-12)10-7-14-11-9(10)3-2-6-13-11/h2-3,6-8,15H,4-5H2,1H3,(H,13,14). The van der Waals surface area contributed by atoms with E-state index < -0.39 is 0 Å². The largest absolute Gasteiger partial charge is 0.392 e. The van der Waals surface area contributed by atoms with E-state index in [9.17, 15) is 5.11 Å². The summed E-state index contributed by atoms with van der Waals surface area (Å²) in [5.41, 5.74) is 2.13. The zero-order valence-electron chi connectivity index (χ0n) is 8.70. The Hall–Kier alpha value is -1.35. The molecule has 1 aliphatic carbocycles. The molecule has 0 saturated heterocycles. The minimum absolute atomic E-state index is 0.0126. The highest BCUT2D eigenvalue weighted by Gasteiger charge is 2.49. The van der Waals surface area contributed by atoms with Crippen molar-refractivity contribution in [3.8, 4) is 0 Å². The lowest BCUT2D eigenvalue weighted by molar-refractivity contribution is 0.151. The van der Waals surface area contributed by atoms with Crippen LogP contribution in [-0.4, -0.2) is 21.2 Å². The molecule has 0 aromatic carbocycles. The zero-order valence-corrected chi connectivity index (χ0v) is 8.70. The lowest BCUT2D eigenvalue weighted by Gasteiger charge is -2.17. The molecule has 1 atom stereocenters. The van der Waals surface area contributed by atoms with Gasteiger partial charge in [0.05, 0.1) is 6.10 Å². The van der Waals surface area contributed by atoms with Gasteiger partial charge in [-0.1, -0.05) is 0 Å². The Bertz CT molecular complexity index is 497. The Morgan fingerprint density at radius 3 is 3.00 bits per heavy atom. The zero-order chi connectivity index (χ0) is 10.5. The first-order valence-electron chi connectivity index (χ1n) is 5.35. The van der Waals surface area contributed by atoms with Gasteiger partial charge in [0.2, 0.25) is 0 Å². The quantitative estimate of drug-likeness (QED) is 0.782. The summed E-state index contributed by atoms with van der Waals surface area (Å²) >= 11 is 0. The molecule has 0 amide bonds.